The van der Waals surface area contributed by atoms with Gasteiger partial charge in [-0.25, -0.2) is 0 Å². The van der Waals surface area contributed by atoms with E-state index >= 15 is 0 Å². The van der Waals surface area contributed by atoms with E-state index in [1.54, 1.807) is 0 Å². The summed E-state index contributed by atoms with van der Waals surface area (Å²) in [5.74, 6) is 0.843. The summed E-state index contributed by atoms with van der Waals surface area (Å²) < 4.78 is 11.2. The third kappa shape index (κ3) is 2.74. The van der Waals surface area contributed by atoms with Gasteiger partial charge in [-0.1, -0.05) is 18.2 Å². The minimum absolute atomic E-state index is 0.230. The van der Waals surface area contributed by atoms with Crippen molar-refractivity contribution in [3.05, 3.63) is 29.8 Å². The average Bonchev–Trinajstić information content (AvgIpc) is 2.33. The van der Waals surface area contributed by atoms with E-state index in [2.05, 4.69) is 6.07 Å². The van der Waals surface area contributed by atoms with Gasteiger partial charge in [-0.3, -0.25) is 0 Å². The molecule has 1 fully saturated rings. The summed E-state index contributed by atoms with van der Waals surface area (Å²) in [6.45, 7) is 1.54. The van der Waals surface area contributed by atoms with E-state index in [9.17, 15) is 0 Å². The van der Waals surface area contributed by atoms with Gasteiger partial charge in [-0.2, -0.15) is 5.26 Å². The third-order valence-corrected chi connectivity index (χ3v) is 2.70. The zero-order valence-corrected chi connectivity index (χ0v) is 9.19. The first kappa shape index (κ1) is 11.0. The van der Waals surface area contributed by atoms with Crippen molar-refractivity contribution < 1.29 is 9.47 Å². The van der Waals surface area contributed by atoms with Crippen LogP contribution in [0.4, 0.5) is 0 Å². The highest BCUT2D eigenvalue weighted by Crippen LogP contribution is 2.22. The van der Waals surface area contributed by atoms with Crippen LogP contribution >= 0.6 is 0 Å². The summed E-state index contributed by atoms with van der Waals surface area (Å²) in [6, 6.07) is 9.91. The summed E-state index contributed by atoms with van der Waals surface area (Å²) in [5.41, 5.74) is 0.969. The van der Waals surface area contributed by atoms with Gasteiger partial charge in [-0.05, 0) is 6.07 Å². The Balaban J connectivity index is 2.05. The van der Waals surface area contributed by atoms with Crippen molar-refractivity contribution in [1.29, 1.82) is 5.26 Å². The van der Waals surface area contributed by atoms with Crippen LogP contribution in [0.1, 0.15) is 18.4 Å². The maximum absolute atomic E-state index is 8.72. The number of hydrogen-bond acceptors (Lipinski definition) is 3. The zero-order chi connectivity index (χ0) is 11.2. The third-order valence-electron chi connectivity index (χ3n) is 2.70. The molecule has 0 spiro atoms. The second-order valence-corrected chi connectivity index (χ2v) is 3.87. The molecule has 1 saturated heterocycles. The first-order valence-corrected chi connectivity index (χ1v) is 5.59. The highest BCUT2D eigenvalue weighted by atomic mass is 16.5. The molecule has 3 nitrogen and oxygen atoms in total. The lowest BCUT2D eigenvalue weighted by atomic mass is 10.1. The molecule has 1 aliphatic rings. The molecule has 0 aromatic heterocycles. The Morgan fingerprint density at radius 2 is 2.06 bits per heavy atom. The molecule has 0 saturated carbocycles. The molecular weight excluding hydrogens is 202 g/mol. The Bertz CT molecular complexity index is 378. The number of ether oxygens (including phenoxy) is 2. The van der Waals surface area contributed by atoms with Crippen LogP contribution in [0.5, 0.6) is 5.75 Å². The Hall–Kier alpha value is -1.53. The van der Waals surface area contributed by atoms with Gasteiger partial charge in [0.25, 0.3) is 0 Å². The molecule has 1 aromatic carbocycles. The quantitative estimate of drug-likeness (QED) is 0.780. The van der Waals surface area contributed by atoms with Crippen molar-refractivity contribution in [2.24, 2.45) is 0 Å². The van der Waals surface area contributed by atoms with Gasteiger partial charge < -0.3 is 9.47 Å². The van der Waals surface area contributed by atoms with Crippen LogP contribution in [0.3, 0.4) is 0 Å². The fraction of sp³-hybridized carbons (Fsp3) is 0.462. The summed E-state index contributed by atoms with van der Waals surface area (Å²) in [4.78, 5) is 0. The lowest BCUT2D eigenvalue weighted by molar-refractivity contribution is 0.0252. The molecule has 0 N–H and O–H groups in total. The SMILES string of the molecule is N#CCc1ccccc1OC1CCOCC1. The molecular formula is C13H15NO2. The smallest absolute Gasteiger partial charge is 0.123 e. The molecule has 16 heavy (non-hydrogen) atoms. The fourth-order valence-corrected chi connectivity index (χ4v) is 1.82. The first-order chi connectivity index (χ1) is 7.90. The summed E-state index contributed by atoms with van der Waals surface area (Å²) in [5, 5.41) is 8.72. The Kier molecular flexibility index (Phi) is 3.79. The number of nitriles is 1. The van der Waals surface area contributed by atoms with Crippen molar-refractivity contribution in [2.45, 2.75) is 25.4 Å². The molecule has 2 rings (SSSR count). The maximum Gasteiger partial charge on any atom is 0.123 e. The van der Waals surface area contributed by atoms with Crippen molar-refractivity contribution >= 4 is 0 Å². The topological polar surface area (TPSA) is 42.2 Å². The van der Waals surface area contributed by atoms with Gasteiger partial charge in [0.15, 0.2) is 0 Å². The van der Waals surface area contributed by atoms with Gasteiger partial charge in [-0.15, -0.1) is 0 Å². The predicted molar refractivity (Wildman–Crippen MR) is 60.2 cm³/mol. The lowest BCUT2D eigenvalue weighted by Crippen LogP contribution is -2.26. The monoisotopic (exact) mass is 217 g/mol. The van der Waals surface area contributed by atoms with E-state index < -0.39 is 0 Å². The Labute approximate surface area is 95.6 Å². The highest BCUT2D eigenvalue weighted by Gasteiger charge is 2.16. The largest absolute Gasteiger partial charge is 0.490 e. The number of rotatable bonds is 3. The van der Waals surface area contributed by atoms with Crippen LogP contribution in [0.15, 0.2) is 24.3 Å². The minimum atomic E-state index is 0.230. The number of nitrogens with zero attached hydrogens (tertiary/aromatic N) is 1. The molecule has 0 amide bonds. The van der Waals surface area contributed by atoms with E-state index in [0.29, 0.717) is 6.42 Å². The van der Waals surface area contributed by atoms with Crippen LogP contribution in [0.25, 0.3) is 0 Å². The molecule has 1 aromatic rings. The van der Waals surface area contributed by atoms with Crippen molar-refractivity contribution in [3.63, 3.8) is 0 Å². The second-order valence-electron chi connectivity index (χ2n) is 3.87. The molecule has 0 unspecified atom stereocenters. The molecule has 1 aliphatic heterocycles. The normalized spacial score (nSPS) is 16.7. The van der Waals surface area contributed by atoms with E-state index in [1.165, 1.54) is 0 Å². The standard InChI is InChI=1S/C13H15NO2/c14-8-5-11-3-1-2-4-13(11)16-12-6-9-15-10-7-12/h1-4,12H,5-7,9-10H2. The minimum Gasteiger partial charge on any atom is -0.490 e. The van der Waals surface area contributed by atoms with Crippen molar-refractivity contribution in [3.8, 4) is 11.8 Å². The number of benzene rings is 1. The average molecular weight is 217 g/mol. The maximum atomic E-state index is 8.72. The van der Waals surface area contributed by atoms with E-state index in [1.807, 2.05) is 24.3 Å². The summed E-state index contributed by atoms with van der Waals surface area (Å²) in [7, 11) is 0. The molecule has 0 atom stereocenters. The van der Waals surface area contributed by atoms with Crippen LogP contribution in [-0.2, 0) is 11.2 Å². The Morgan fingerprint density at radius 3 is 2.81 bits per heavy atom. The fourth-order valence-electron chi connectivity index (χ4n) is 1.82. The molecule has 3 heteroatoms. The van der Waals surface area contributed by atoms with Gasteiger partial charge in [0.05, 0.1) is 25.7 Å². The molecule has 0 radical (unpaired) electrons. The first-order valence-electron chi connectivity index (χ1n) is 5.59. The Morgan fingerprint density at radius 1 is 1.31 bits per heavy atom. The highest BCUT2D eigenvalue weighted by molar-refractivity contribution is 5.35. The van der Waals surface area contributed by atoms with Crippen LogP contribution in [0, 0.1) is 11.3 Å². The summed E-state index contributed by atoms with van der Waals surface area (Å²) >= 11 is 0. The van der Waals surface area contributed by atoms with E-state index in [0.717, 1.165) is 37.4 Å². The number of para-hydroxylation sites is 1. The zero-order valence-electron chi connectivity index (χ0n) is 9.19. The van der Waals surface area contributed by atoms with Gasteiger partial charge in [0, 0.05) is 18.4 Å². The van der Waals surface area contributed by atoms with Crippen LogP contribution in [-0.4, -0.2) is 19.3 Å². The van der Waals surface area contributed by atoms with Crippen molar-refractivity contribution in [2.75, 3.05) is 13.2 Å². The molecule has 1 heterocycles. The molecule has 0 aliphatic carbocycles. The summed E-state index contributed by atoms with van der Waals surface area (Å²) in [6.07, 6.45) is 2.50. The van der Waals surface area contributed by atoms with Gasteiger partial charge >= 0.3 is 0 Å². The van der Waals surface area contributed by atoms with Gasteiger partial charge in [0.1, 0.15) is 11.9 Å². The molecule has 84 valence electrons. The van der Waals surface area contributed by atoms with E-state index in [-0.39, 0.29) is 6.10 Å². The van der Waals surface area contributed by atoms with Crippen LogP contribution in [0.2, 0.25) is 0 Å². The van der Waals surface area contributed by atoms with Crippen LogP contribution < -0.4 is 4.74 Å². The van der Waals surface area contributed by atoms with Gasteiger partial charge in [0.2, 0.25) is 0 Å². The van der Waals surface area contributed by atoms with Crippen molar-refractivity contribution in [1.82, 2.24) is 0 Å². The second kappa shape index (κ2) is 5.53. The van der Waals surface area contributed by atoms with E-state index in [4.69, 9.17) is 14.7 Å². The molecule has 0 bridgehead atoms. The predicted octanol–water partition coefficient (Wildman–Crippen LogP) is 2.31. The lowest BCUT2D eigenvalue weighted by Gasteiger charge is -2.24. The number of hydrogen-bond donors (Lipinski definition) is 0.